The molecular formula is C25H34BrN3O3+2. The lowest BCUT2D eigenvalue weighted by Crippen LogP contribution is -2.44. The Morgan fingerprint density at radius 3 is 1.94 bits per heavy atom. The smallest absolute Gasteiger partial charge is 0.206 e. The molecular weight excluding hydrogens is 470 g/mol. The third-order valence-corrected chi connectivity index (χ3v) is 5.98. The molecule has 6 nitrogen and oxygen atoms in total. The second-order valence-corrected chi connectivity index (χ2v) is 9.01. The highest BCUT2D eigenvalue weighted by Gasteiger charge is 2.22. The zero-order chi connectivity index (χ0) is 23.5. The third kappa shape index (κ3) is 8.71. The van der Waals surface area contributed by atoms with Crippen LogP contribution in [0.1, 0.15) is 54.3 Å². The highest BCUT2D eigenvalue weighted by atomic mass is 79.9. The lowest BCUT2D eigenvalue weighted by atomic mass is 9.95. The largest absolute Gasteiger partial charge is 0.302 e. The van der Waals surface area contributed by atoms with Crippen LogP contribution in [0.3, 0.4) is 0 Å². The normalized spacial score (nSPS) is 16.1. The second-order valence-electron chi connectivity index (χ2n) is 8.21. The van der Waals surface area contributed by atoms with E-state index in [0.29, 0.717) is 22.8 Å². The van der Waals surface area contributed by atoms with Gasteiger partial charge in [0.1, 0.15) is 5.78 Å². The number of likely N-dealkylation sites (tertiary alicyclic amines) is 1. The number of alkyl halides is 1. The molecule has 0 spiro atoms. The Morgan fingerprint density at radius 2 is 1.50 bits per heavy atom. The zero-order valence-corrected chi connectivity index (χ0v) is 20.9. The van der Waals surface area contributed by atoms with Crippen molar-refractivity contribution in [3.05, 3.63) is 60.2 Å². The van der Waals surface area contributed by atoms with E-state index < -0.39 is 0 Å². The number of aromatic nitrogens is 2. The number of carbonyl (C=O) groups excluding carboxylic acids is 3. The maximum Gasteiger partial charge on any atom is 0.206 e. The molecule has 0 amide bonds. The van der Waals surface area contributed by atoms with E-state index in [1.54, 1.807) is 20.8 Å². The molecule has 0 aromatic carbocycles. The summed E-state index contributed by atoms with van der Waals surface area (Å²) >= 11 is 3.42. The molecule has 0 saturated carbocycles. The first-order valence-corrected chi connectivity index (χ1v) is 12.2. The van der Waals surface area contributed by atoms with Gasteiger partial charge < -0.3 is 4.90 Å². The van der Waals surface area contributed by atoms with Crippen molar-refractivity contribution < 1.29 is 23.5 Å². The van der Waals surface area contributed by atoms with Gasteiger partial charge in [-0.1, -0.05) is 15.9 Å². The number of ketones is 3. The molecule has 32 heavy (non-hydrogen) atoms. The average Bonchev–Trinajstić information content (AvgIpc) is 2.79. The Bertz CT molecular complexity index is 873. The summed E-state index contributed by atoms with van der Waals surface area (Å²) in [5, 5.41) is 1.01. The van der Waals surface area contributed by atoms with Gasteiger partial charge in [0.25, 0.3) is 0 Å². The summed E-state index contributed by atoms with van der Waals surface area (Å²) in [4.78, 5) is 36.1. The van der Waals surface area contributed by atoms with E-state index >= 15 is 0 Å². The van der Waals surface area contributed by atoms with Crippen molar-refractivity contribution in [2.24, 2.45) is 5.92 Å². The second kappa shape index (κ2) is 13.3. The molecule has 0 N–H and O–H groups in total. The van der Waals surface area contributed by atoms with Gasteiger partial charge in [-0.25, -0.2) is 0 Å². The Balaban J connectivity index is 0.000000258. The van der Waals surface area contributed by atoms with Gasteiger partial charge in [0, 0.05) is 36.5 Å². The van der Waals surface area contributed by atoms with Gasteiger partial charge in [0.15, 0.2) is 36.4 Å². The maximum absolute atomic E-state index is 11.3. The highest BCUT2D eigenvalue weighted by molar-refractivity contribution is 9.09. The third-order valence-electron chi connectivity index (χ3n) is 5.63. The van der Waals surface area contributed by atoms with E-state index in [-0.39, 0.29) is 11.6 Å². The van der Waals surface area contributed by atoms with Gasteiger partial charge in [-0.05, 0) is 52.3 Å². The Kier molecular flexibility index (Phi) is 10.8. The molecule has 2 aromatic heterocycles. The molecule has 1 fully saturated rings. The molecule has 1 atom stereocenters. The predicted molar refractivity (Wildman–Crippen MR) is 127 cm³/mol. The molecule has 1 aliphatic heterocycles. The van der Waals surface area contributed by atoms with Crippen molar-refractivity contribution in [2.45, 2.75) is 46.7 Å². The molecule has 2 aromatic rings. The number of aryl methyl sites for hydroxylation is 2. The van der Waals surface area contributed by atoms with Gasteiger partial charge in [-0.15, -0.1) is 0 Å². The first kappa shape index (κ1) is 26.0. The Morgan fingerprint density at radius 1 is 0.969 bits per heavy atom. The van der Waals surface area contributed by atoms with Gasteiger partial charge in [-0.2, -0.15) is 9.13 Å². The van der Waals surface area contributed by atoms with Crippen LogP contribution in [0, 0.1) is 5.92 Å². The van der Waals surface area contributed by atoms with Crippen LogP contribution in [0.2, 0.25) is 0 Å². The minimum Gasteiger partial charge on any atom is -0.302 e. The molecule has 3 rings (SSSR count). The topological polar surface area (TPSA) is 62.2 Å². The summed E-state index contributed by atoms with van der Waals surface area (Å²) in [6, 6.07) is 7.35. The van der Waals surface area contributed by atoms with Crippen LogP contribution in [0.25, 0.3) is 0 Å². The number of carbonyl (C=O) groups is 3. The van der Waals surface area contributed by atoms with Crippen molar-refractivity contribution >= 4 is 33.3 Å². The number of halogens is 1. The molecule has 7 heteroatoms. The first-order valence-electron chi connectivity index (χ1n) is 11.1. The van der Waals surface area contributed by atoms with Gasteiger partial charge in [-0.3, -0.25) is 14.4 Å². The van der Waals surface area contributed by atoms with Crippen LogP contribution in [0.15, 0.2) is 49.1 Å². The molecule has 0 radical (unpaired) electrons. The maximum atomic E-state index is 11.3. The zero-order valence-electron chi connectivity index (χ0n) is 19.3. The SMILES string of the molecule is CC(=O)C1CCCN(CCBr)C1.CC(=O)c1ccc[n+](CC[n+]2cccc(C(C)=O)c2)c1. The average molecular weight is 504 g/mol. The van der Waals surface area contributed by atoms with Gasteiger partial charge in [0.05, 0.1) is 11.1 Å². The van der Waals surface area contributed by atoms with Crippen molar-refractivity contribution in [3.63, 3.8) is 0 Å². The van der Waals surface area contributed by atoms with Crippen LogP contribution >= 0.6 is 15.9 Å². The van der Waals surface area contributed by atoms with Crippen molar-refractivity contribution in [1.29, 1.82) is 0 Å². The number of Topliss-reactive ketones (excluding diaryl/α,β-unsaturated/α-hetero) is 3. The molecule has 1 saturated heterocycles. The van der Waals surface area contributed by atoms with Crippen LogP contribution in [0.5, 0.6) is 0 Å². The summed E-state index contributed by atoms with van der Waals surface area (Å²) in [5.41, 5.74) is 1.41. The summed E-state index contributed by atoms with van der Waals surface area (Å²) < 4.78 is 3.95. The fourth-order valence-corrected chi connectivity index (χ4v) is 4.18. The lowest BCUT2D eigenvalue weighted by molar-refractivity contribution is -0.778. The molecule has 1 unspecified atom stereocenters. The van der Waals surface area contributed by atoms with E-state index in [4.69, 9.17) is 0 Å². The number of nitrogens with zero attached hydrogens (tertiary/aromatic N) is 3. The van der Waals surface area contributed by atoms with E-state index in [1.807, 2.05) is 58.2 Å². The van der Waals surface area contributed by atoms with Crippen LogP contribution in [-0.4, -0.2) is 47.2 Å². The van der Waals surface area contributed by atoms with Gasteiger partial charge >= 0.3 is 0 Å². The Hall–Kier alpha value is -2.25. The minimum atomic E-state index is 0.0607. The Labute approximate surface area is 199 Å². The molecule has 172 valence electrons. The number of pyridine rings is 2. The van der Waals surface area contributed by atoms with E-state index in [2.05, 4.69) is 20.8 Å². The van der Waals surface area contributed by atoms with Crippen LogP contribution in [0.4, 0.5) is 0 Å². The van der Waals surface area contributed by atoms with Crippen molar-refractivity contribution in [2.75, 3.05) is 25.0 Å². The summed E-state index contributed by atoms with van der Waals surface area (Å²) in [6.07, 6.45) is 9.82. The minimum absolute atomic E-state index is 0.0607. The summed E-state index contributed by atoms with van der Waals surface area (Å²) in [6.45, 7) is 9.53. The highest BCUT2D eigenvalue weighted by Crippen LogP contribution is 2.16. The van der Waals surface area contributed by atoms with Gasteiger partial charge in [0.2, 0.25) is 13.1 Å². The molecule has 1 aliphatic rings. The molecule has 3 heterocycles. The quantitative estimate of drug-likeness (QED) is 0.315. The summed E-state index contributed by atoms with van der Waals surface area (Å²) in [7, 11) is 0. The monoisotopic (exact) mass is 503 g/mol. The summed E-state index contributed by atoms with van der Waals surface area (Å²) in [5.74, 6) is 0.781. The van der Waals surface area contributed by atoms with Crippen LogP contribution in [-0.2, 0) is 17.9 Å². The van der Waals surface area contributed by atoms with E-state index in [0.717, 1.165) is 44.5 Å². The van der Waals surface area contributed by atoms with Crippen molar-refractivity contribution in [3.8, 4) is 0 Å². The molecule has 0 aliphatic carbocycles. The van der Waals surface area contributed by atoms with Crippen molar-refractivity contribution in [1.82, 2.24) is 4.90 Å². The lowest BCUT2D eigenvalue weighted by Gasteiger charge is -2.30. The molecule has 0 bridgehead atoms. The number of piperidine rings is 1. The number of hydrogen-bond acceptors (Lipinski definition) is 4. The van der Waals surface area contributed by atoms with Crippen LogP contribution < -0.4 is 9.13 Å². The first-order chi connectivity index (χ1) is 15.3. The predicted octanol–water partition coefficient (Wildman–Crippen LogP) is 3.05. The fourth-order valence-electron chi connectivity index (χ4n) is 3.68. The number of hydrogen-bond donors (Lipinski definition) is 0. The number of rotatable bonds is 8. The van der Waals surface area contributed by atoms with E-state index in [1.165, 1.54) is 6.42 Å². The van der Waals surface area contributed by atoms with E-state index in [9.17, 15) is 14.4 Å². The fraction of sp³-hybridized carbons (Fsp3) is 0.480. The standard InChI is InChI=1S/C16H18N2O2.C9H16BrNO/c1-13(19)15-5-3-7-17(11-15)9-10-18-8-4-6-16(12-18)14(2)20;1-8(12)9-3-2-5-11(7-9)6-4-10/h3-8,11-12H,9-10H2,1-2H3;9H,2-7H2,1H3/q+2;.